The number of aromatic hydroxyl groups is 1. The molecule has 1 saturated carbocycles. The Balaban J connectivity index is 1.37. The van der Waals surface area contributed by atoms with Crippen LogP contribution < -0.4 is 43.0 Å². The summed E-state index contributed by atoms with van der Waals surface area (Å²) in [7, 11) is 5.60. The summed E-state index contributed by atoms with van der Waals surface area (Å²) in [5.74, 6) is -4.06. The second-order valence-electron chi connectivity index (χ2n) is 22.3. The molecule has 12 N–H and O–H groups in total. The normalized spacial score (nSPS) is 15.0. The summed E-state index contributed by atoms with van der Waals surface area (Å²) < 4.78 is 21.5. The van der Waals surface area contributed by atoms with E-state index in [0.29, 0.717) is 51.6 Å². The van der Waals surface area contributed by atoms with Crippen molar-refractivity contribution in [1.29, 1.82) is 0 Å². The lowest BCUT2D eigenvalue weighted by Gasteiger charge is -2.28. The average Bonchev–Trinajstić information content (AvgIpc) is 3.70. The lowest BCUT2D eigenvalue weighted by Crippen LogP contribution is -2.48. The monoisotopic (exact) mass is 1220 g/mol. The second-order valence-corrected chi connectivity index (χ2v) is 22.3. The second kappa shape index (κ2) is 50.2. The summed E-state index contributed by atoms with van der Waals surface area (Å²) >= 11 is 0. The Morgan fingerprint density at radius 1 is 0.523 bits per heavy atom. The van der Waals surface area contributed by atoms with E-state index in [-0.39, 0.29) is 151 Å². The molecule has 1 aromatic carbocycles. The van der Waals surface area contributed by atoms with Crippen LogP contribution in [0.2, 0.25) is 0 Å². The third-order valence-electron chi connectivity index (χ3n) is 15.0. The van der Waals surface area contributed by atoms with Crippen LogP contribution in [0.4, 0.5) is 0 Å². The molecule has 2 radical (unpaired) electrons. The number of carbonyl (C=O) groups is 9. The van der Waals surface area contributed by atoms with E-state index in [0.717, 1.165) is 56.9 Å². The fraction of sp³-hybridized carbons (Fsp3) is 0.742. The molecule has 24 nitrogen and oxygen atoms in total. The van der Waals surface area contributed by atoms with Crippen molar-refractivity contribution in [2.75, 3.05) is 85.6 Å². The van der Waals surface area contributed by atoms with Crippen molar-refractivity contribution in [3.05, 3.63) is 36.9 Å². The third-order valence-corrected chi connectivity index (χ3v) is 15.0. The maximum Gasteiger partial charge on any atom is 0.326 e. The van der Waals surface area contributed by atoms with Gasteiger partial charge in [-0.1, -0.05) is 102 Å². The molecular weight excluding hydrogens is 1110 g/mol. The van der Waals surface area contributed by atoms with E-state index in [1.807, 2.05) is 0 Å². The number of carboxylic acids is 2. The molecule has 0 heterocycles. The highest BCUT2D eigenvalue weighted by Crippen LogP contribution is 2.29. The molecule has 0 bridgehead atoms. The number of carboxylic acid groups (broad SMARTS) is 2. The van der Waals surface area contributed by atoms with Gasteiger partial charge in [0.25, 0.3) is 0 Å². The molecule has 6 amide bonds. The highest BCUT2D eigenvalue weighted by molar-refractivity contribution is 5.87. The van der Waals surface area contributed by atoms with Crippen molar-refractivity contribution in [2.45, 2.75) is 198 Å². The molecule has 488 valence electrons. The van der Waals surface area contributed by atoms with Crippen molar-refractivity contribution < 1.29 is 77.4 Å². The van der Waals surface area contributed by atoms with Crippen molar-refractivity contribution in [1.82, 2.24) is 37.2 Å². The summed E-state index contributed by atoms with van der Waals surface area (Å²) in [6.45, 7) is 1.88. The van der Waals surface area contributed by atoms with Gasteiger partial charge in [0.2, 0.25) is 35.4 Å². The fourth-order valence-electron chi connectivity index (χ4n) is 9.85. The highest BCUT2D eigenvalue weighted by Gasteiger charge is 2.30. The Morgan fingerprint density at radius 2 is 1.01 bits per heavy atom. The Hall–Kier alpha value is -5.79. The van der Waals surface area contributed by atoms with Crippen molar-refractivity contribution in [3.8, 4) is 5.75 Å². The Labute approximate surface area is 509 Å². The van der Waals surface area contributed by atoms with Gasteiger partial charge in [-0.25, -0.2) is 4.79 Å². The first-order chi connectivity index (χ1) is 41.6. The SMILES string of the molecule is [CH]N[C@@H](CCCCNC(=O)COCCOCCNC(=O)COCCOCCNC(=O)CCC(NC(=O)C1CCC(CNC(=O)CCCCCCCCCCCCCCCCCCC(=O)O)CC1)C(=O)O)C(=O)CN[C@H](Cc1ccc(O)cc1)C(N)=O. The standard InChI is InChI=1S/C62H104N8O16/c1-64-51(54(72)44-68-53(60(63)79)42-47-25-29-50(71)30-26-47)20-18-19-33-65-57(75)45-85-40-39-84-37-35-67-58(76)46-86-41-38-83-36-34-66-56(74)32-31-52(62(81)82)70-61(80)49-27-23-48(24-28-49)43-69-55(73)21-16-14-12-10-8-6-4-2-3-5-7-9-11-13-15-17-22-59(77)78/h1,25-26,29-30,48-49,51-53,64,68,71H,2-24,27-28,31-46H2,(H2,63,79)(H,65,75)(H,66,74)(H,67,76)(H,69,73)(H,70,80)(H,77,78)(H,81,82)/t48?,49?,51-,52?,53+/m0/s1. The summed E-state index contributed by atoms with van der Waals surface area (Å²) in [4.78, 5) is 109. The van der Waals surface area contributed by atoms with Gasteiger partial charge in [0, 0.05) is 58.4 Å². The third kappa shape index (κ3) is 41.3. The van der Waals surface area contributed by atoms with E-state index in [4.69, 9.17) is 36.8 Å². The van der Waals surface area contributed by atoms with Crippen LogP contribution in [-0.2, 0) is 68.5 Å². The van der Waals surface area contributed by atoms with Gasteiger partial charge in [-0.3, -0.25) is 43.7 Å². The summed E-state index contributed by atoms with van der Waals surface area (Å²) in [5, 5.41) is 47.0. The zero-order valence-corrected chi connectivity index (χ0v) is 51.0. The van der Waals surface area contributed by atoms with E-state index in [1.54, 1.807) is 12.1 Å². The largest absolute Gasteiger partial charge is 0.508 e. The first-order valence-corrected chi connectivity index (χ1v) is 31.5. The molecule has 24 heteroatoms. The van der Waals surface area contributed by atoms with Crippen LogP contribution in [0.25, 0.3) is 0 Å². The van der Waals surface area contributed by atoms with Gasteiger partial charge in [0.05, 0.1) is 58.3 Å². The molecule has 2 rings (SSSR count). The van der Waals surface area contributed by atoms with Gasteiger partial charge >= 0.3 is 11.9 Å². The number of unbranched alkanes of at least 4 members (excludes halogenated alkanes) is 16. The van der Waals surface area contributed by atoms with Gasteiger partial charge in [-0.15, -0.1) is 0 Å². The van der Waals surface area contributed by atoms with Crippen LogP contribution in [0.1, 0.15) is 179 Å². The maximum atomic E-state index is 13.0. The number of hydrogen-bond donors (Lipinski definition) is 11. The molecule has 1 aliphatic carbocycles. The van der Waals surface area contributed by atoms with Gasteiger partial charge in [0.1, 0.15) is 25.0 Å². The Morgan fingerprint density at radius 3 is 1.52 bits per heavy atom. The summed E-state index contributed by atoms with van der Waals surface area (Å²) in [5.41, 5.74) is 6.27. The maximum absolute atomic E-state index is 13.0. The number of benzene rings is 1. The smallest absolute Gasteiger partial charge is 0.326 e. The van der Waals surface area contributed by atoms with Gasteiger partial charge in [-0.2, -0.15) is 0 Å². The minimum absolute atomic E-state index is 0.0606. The van der Waals surface area contributed by atoms with Crippen molar-refractivity contribution in [3.63, 3.8) is 0 Å². The number of nitrogens with one attached hydrogen (secondary N) is 7. The predicted octanol–water partition coefficient (Wildman–Crippen LogP) is 4.54. The molecule has 1 aliphatic rings. The van der Waals surface area contributed by atoms with Crippen molar-refractivity contribution in [2.24, 2.45) is 17.6 Å². The molecule has 0 aliphatic heterocycles. The van der Waals surface area contributed by atoms with E-state index in [2.05, 4.69) is 37.2 Å². The van der Waals surface area contributed by atoms with Crippen LogP contribution >= 0.6 is 0 Å². The number of amides is 6. The number of rotatable bonds is 56. The van der Waals surface area contributed by atoms with Crippen LogP contribution in [-0.4, -0.2) is 172 Å². The van der Waals surface area contributed by atoms with E-state index >= 15 is 0 Å². The highest BCUT2D eigenvalue weighted by atomic mass is 16.5. The van der Waals surface area contributed by atoms with Crippen LogP contribution in [0.3, 0.4) is 0 Å². The van der Waals surface area contributed by atoms with E-state index in [1.165, 1.54) is 76.3 Å². The van der Waals surface area contributed by atoms with Crippen molar-refractivity contribution >= 4 is 53.2 Å². The lowest BCUT2D eigenvalue weighted by molar-refractivity contribution is -0.143. The van der Waals surface area contributed by atoms with E-state index < -0.39 is 36.0 Å². The minimum Gasteiger partial charge on any atom is -0.508 e. The van der Waals surface area contributed by atoms with Crippen LogP contribution in [0.15, 0.2) is 24.3 Å². The molecule has 0 saturated heterocycles. The number of phenolic OH excluding ortho intramolecular Hbond substituents is 1. The Kier molecular flexibility index (Phi) is 44.6. The number of nitrogens with two attached hydrogens (primary N) is 1. The molecular formula is C62H104N8O16. The fourth-order valence-corrected chi connectivity index (χ4v) is 9.85. The molecule has 0 spiro atoms. The molecule has 1 unspecified atom stereocenters. The molecule has 0 aromatic heterocycles. The minimum atomic E-state index is -1.21. The number of ketones is 1. The number of hydrogen-bond acceptors (Lipinski definition) is 16. The van der Waals surface area contributed by atoms with Gasteiger partial charge in [-0.05, 0) is 94.2 Å². The Bertz CT molecular complexity index is 2060. The predicted molar refractivity (Wildman–Crippen MR) is 323 cm³/mol. The molecule has 1 aromatic rings. The van der Waals surface area contributed by atoms with Gasteiger partial charge < -0.3 is 71.9 Å². The molecule has 1 fully saturated rings. The lowest BCUT2D eigenvalue weighted by atomic mass is 9.81. The topological polar surface area (TPSA) is 361 Å². The zero-order chi connectivity index (χ0) is 62.8. The number of aliphatic carboxylic acids is 2. The number of Topliss-reactive ketones (excluding diaryl/α,β-unsaturated/α-hetero) is 1. The average molecular weight is 1220 g/mol. The number of carbonyl (C=O) groups excluding carboxylic acids is 7. The van der Waals surface area contributed by atoms with Gasteiger partial charge in [0.15, 0.2) is 5.78 Å². The quantitative estimate of drug-likeness (QED) is 0.0315. The number of phenols is 1. The first kappa shape index (κ1) is 76.3. The number of primary amides is 1. The first-order valence-electron chi connectivity index (χ1n) is 31.5. The zero-order valence-electron chi connectivity index (χ0n) is 51.0. The summed E-state index contributed by atoms with van der Waals surface area (Å²) in [6.07, 6.45) is 23.8. The molecule has 86 heavy (non-hydrogen) atoms. The number of ether oxygens (including phenoxy) is 4. The van der Waals surface area contributed by atoms with Crippen LogP contribution in [0.5, 0.6) is 5.75 Å². The molecule has 3 atom stereocenters. The summed E-state index contributed by atoms with van der Waals surface area (Å²) in [6, 6.07) is 3.67. The van der Waals surface area contributed by atoms with Crippen LogP contribution in [0, 0.1) is 18.9 Å². The van der Waals surface area contributed by atoms with E-state index in [9.17, 15) is 53.4 Å².